The first-order chi connectivity index (χ1) is 10.6. The van der Waals surface area contributed by atoms with Gasteiger partial charge in [-0.2, -0.15) is 0 Å². The minimum Gasteiger partial charge on any atom is -0.464 e. The number of anilines is 1. The monoisotopic (exact) mass is 337 g/mol. The minimum atomic E-state index is -2.05. The van der Waals surface area contributed by atoms with Crippen molar-refractivity contribution in [2.24, 2.45) is 0 Å². The molecule has 0 radical (unpaired) electrons. The fraction of sp³-hybridized carbons (Fsp3) is 0.250. The van der Waals surface area contributed by atoms with Crippen molar-refractivity contribution in [3.05, 3.63) is 59.1 Å². The molecule has 0 spiro atoms. The summed E-state index contributed by atoms with van der Waals surface area (Å²) in [5, 5.41) is 0.675. The predicted octanol–water partition coefficient (Wildman–Crippen LogP) is 4.70. The Labute approximate surface area is 135 Å². The normalized spacial score (nSPS) is 19.4. The second-order valence-electron chi connectivity index (χ2n) is 5.11. The highest BCUT2D eigenvalue weighted by atomic mass is 35.5. The van der Waals surface area contributed by atoms with Gasteiger partial charge in [-0.1, -0.05) is 35.9 Å². The number of nitrogens with zero attached hydrogens (tertiary/aromatic N) is 1. The van der Waals surface area contributed by atoms with E-state index < -0.39 is 8.03 Å². The average Bonchev–Trinajstić information content (AvgIpc) is 2.86. The number of benzene rings is 2. The molecule has 1 heterocycles. The van der Waals surface area contributed by atoms with E-state index in [1.807, 2.05) is 60.4 Å². The number of hydrogen-bond acceptors (Lipinski definition) is 4. The molecule has 0 saturated heterocycles. The molecule has 0 aliphatic carbocycles. The lowest BCUT2D eigenvalue weighted by Crippen LogP contribution is -2.36. The van der Waals surface area contributed by atoms with E-state index in [-0.39, 0.29) is 12.5 Å². The zero-order valence-electron chi connectivity index (χ0n) is 12.3. The van der Waals surface area contributed by atoms with Crippen LogP contribution in [-0.2, 0) is 9.09 Å². The number of halogens is 1. The number of hydrogen-bond donors (Lipinski definition) is 0. The van der Waals surface area contributed by atoms with Crippen LogP contribution in [0.1, 0.15) is 18.7 Å². The number of para-hydroxylation sites is 2. The predicted molar refractivity (Wildman–Crippen MR) is 89.2 cm³/mol. The molecule has 116 valence electrons. The summed E-state index contributed by atoms with van der Waals surface area (Å²) < 4.78 is 23.1. The topological polar surface area (TPSA) is 38.8 Å². The minimum absolute atomic E-state index is 0.328. The zero-order valence-corrected chi connectivity index (χ0v) is 14.1. The summed E-state index contributed by atoms with van der Waals surface area (Å²) in [6.45, 7) is 3.46. The van der Waals surface area contributed by atoms with Gasteiger partial charge in [0.1, 0.15) is 12.0 Å². The first-order valence-electron chi connectivity index (χ1n) is 7.03. The first kappa shape index (κ1) is 15.4. The Bertz CT molecular complexity index is 692. The van der Waals surface area contributed by atoms with Crippen molar-refractivity contribution in [3.63, 3.8) is 0 Å². The Hall–Kier alpha value is -1.48. The Balaban J connectivity index is 1.98. The standard InChI is InChI=1S/C16H17ClNO3P/c1-11(21-22(2)19)18-14-5-3-4-6-15(14)20-16(18)12-7-9-13(17)10-8-12/h3-11,16,22H,1-2H3. The van der Waals surface area contributed by atoms with Gasteiger partial charge in [0.05, 0.1) is 5.69 Å². The molecule has 3 rings (SSSR count). The lowest BCUT2D eigenvalue weighted by atomic mass is 10.1. The molecule has 4 nitrogen and oxygen atoms in total. The van der Waals surface area contributed by atoms with Crippen LogP contribution >= 0.6 is 19.6 Å². The molecule has 0 saturated carbocycles. The Kier molecular flexibility index (Phi) is 4.44. The Morgan fingerprint density at radius 3 is 2.59 bits per heavy atom. The van der Waals surface area contributed by atoms with Gasteiger partial charge < -0.3 is 14.2 Å². The highest BCUT2D eigenvalue weighted by molar-refractivity contribution is 7.38. The summed E-state index contributed by atoms with van der Waals surface area (Å²) in [5.74, 6) is 0.786. The molecule has 1 aliphatic heterocycles. The molecule has 2 aromatic carbocycles. The summed E-state index contributed by atoms with van der Waals surface area (Å²) in [4.78, 5) is 1.99. The van der Waals surface area contributed by atoms with Crippen molar-refractivity contribution in [3.8, 4) is 5.75 Å². The Morgan fingerprint density at radius 1 is 1.23 bits per heavy atom. The average molecular weight is 338 g/mol. The maximum Gasteiger partial charge on any atom is 0.201 e. The van der Waals surface area contributed by atoms with Gasteiger partial charge in [0, 0.05) is 17.3 Å². The molecule has 0 fully saturated rings. The molecule has 3 unspecified atom stereocenters. The maximum absolute atomic E-state index is 11.5. The summed E-state index contributed by atoms with van der Waals surface area (Å²) in [6, 6.07) is 15.3. The van der Waals surface area contributed by atoms with Crippen LogP contribution in [0.4, 0.5) is 5.69 Å². The van der Waals surface area contributed by atoms with E-state index in [0.717, 1.165) is 17.0 Å². The van der Waals surface area contributed by atoms with Gasteiger partial charge in [-0.05, 0) is 31.2 Å². The number of rotatable bonds is 4. The SMILES string of the molecule is CC(O[PH](C)=O)N1c2ccccc2OC1c1ccc(Cl)cc1. The van der Waals surface area contributed by atoms with Crippen LogP contribution in [0.3, 0.4) is 0 Å². The molecule has 0 aromatic heterocycles. The van der Waals surface area contributed by atoms with Crippen LogP contribution in [0.2, 0.25) is 5.02 Å². The third kappa shape index (κ3) is 3.00. The zero-order chi connectivity index (χ0) is 15.7. The van der Waals surface area contributed by atoms with Gasteiger partial charge in [-0.25, -0.2) is 0 Å². The van der Waals surface area contributed by atoms with Crippen LogP contribution in [0.25, 0.3) is 0 Å². The molecular formula is C16H17ClNO3P. The molecule has 2 aromatic rings. The molecule has 6 heteroatoms. The van der Waals surface area contributed by atoms with Gasteiger partial charge >= 0.3 is 0 Å². The van der Waals surface area contributed by atoms with Gasteiger partial charge in [0.15, 0.2) is 8.03 Å². The molecule has 1 aliphatic rings. The van der Waals surface area contributed by atoms with Gasteiger partial charge in [-0.15, -0.1) is 0 Å². The summed E-state index contributed by atoms with van der Waals surface area (Å²) >= 11 is 5.96. The van der Waals surface area contributed by atoms with E-state index in [9.17, 15) is 4.57 Å². The van der Waals surface area contributed by atoms with Gasteiger partial charge in [-0.3, -0.25) is 4.57 Å². The van der Waals surface area contributed by atoms with Crippen molar-refractivity contribution in [2.75, 3.05) is 11.6 Å². The van der Waals surface area contributed by atoms with Crippen LogP contribution in [0.15, 0.2) is 48.5 Å². The van der Waals surface area contributed by atoms with Gasteiger partial charge in [0.2, 0.25) is 6.23 Å². The van der Waals surface area contributed by atoms with Crippen LogP contribution in [-0.4, -0.2) is 12.9 Å². The molecule has 0 bridgehead atoms. The molecule has 22 heavy (non-hydrogen) atoms. The van der Waals surface area contributed by atoms with E-state index in [4.69, 9.17) is 20.9 Å². The quantitative estimate of drug-likeness (QED) is 0.758. The summed E-state index contributed by atoms with van der Waals surface area (Å²) in [7, 11) is -2.05. The van der Waals surface area contributed by atoms with Crippen LogP contribution in [0.5, 0.6) is 5.75 Å². The van der Waals surface area contributed by atoms with Crippen molar-refractivity contribution in [2.45, 2.75) is 19.4 Å². The van der Waals surface area contributed by atoms with E-state index >= 15 is 0 Å². The maximum atomic E-state index is 11.5. The summed E-state index contributed by atoms with van der Waals surface area (Å²) in [5.41, 5.74) is 1.89. The lowest BCUT2D eigenvalue weighted by molar-refractivity contribution is 0.153. The highest BCUT2D eigenvalue weighted by Gasteiger charge is 2.35. The number of fused-ring (bicyclic) bond motifs is 1. The van der Waals surface area contributed by atoms with E-state index in [1.165, 1.54) is 0 Å². The van der Waals surface area contributed by atoms with E-state index in [2.05, 4.69) is 0 Å². The second kappa shape index (κ2) is 6.33. The Morgan fingerprint density at radius 2 is 1.91 bits per heavy atom. The largest absolute Gasteiger partial charge is 0.464 e. The summed E-state index contributed by atoms with van der Waals surface area (Å²) in [6.07, 6.45) is -0.688. The van der Waals surface area contributed by atoms with Crippen molar-refractivity contribution in [1.82, 2.24) is 0 Å². The van der Waals surface area contributed by atoms with E-state index in [0.29, 0.717) is 5.02 Å². The van der Waals surface area contributed by atoms with Crippen LogP contribution < -0.4 is 9.64 Å². The van der Waals surface area contributed by atoms with Crippen molar-refractivity contribution < 1.29 is 13.8 Å². The fourth-order valence-electron chi connectivity index (χ4n) is 2.61. The van der Waals surface area contributed by atoms with Crippen molar-refractivity contribution in [1.29, 1.82) is 0 Å². The second-order valence-corrected chi connectivity index (χ2v) is 6.76. The van der Waals surface area contributed by atoms with Crippen LogP contribution in [0, 0.1) is 0 Å². The molecule has 0 N–H and O–H groups in total. The smallest absolute Gasteiger partial charge is 0.201 e. The van der Waals surface area contributed by atoms with Crippen molar-refractivity contribution >= 4 is 25.3 Å². The van der Waals surface area contributed by atoms with E-state index in [1.54, 1.807) is 6.66 Å². The molecule has 0 amide bonds. The fourth-order valence-corrected chi connectivity index (χ4v) is 3.33. The third-order valence-corrected chi connectivity index (χ3v) is 4.44. The molecule has 3 atom stereocenters. The lowest BCUT2D eigenvalue weighted by Gasteiger charge is -2.30. The highest BCUT2D eigenvalue weighted by Crippen LogP contribution is 2.45. The third-order valence-electron chi connectivity index (χ3n) is 3.52. The molecular weight excluding hydrogens is 321 g/mol. The first-order valence-corrected chi connectivity index (χ1v) is 9.22. The van der Waals surface area contributed by atoms with Gasteiger partial charge in [0.25, 0.3) is 0 Å². The number of ether oxygens (including phenoxy) is 1.